The molecule has 4 heteroatoms. The number of rotatable bonds is 5. The summed E-state index contributed by atoms with van der Waals surface area (Å²) in [4.78, 5) is 12.8. The number of hydrogen-bond donors (Lipinski definition) is 2. The van der Waals surface area contributed by atoms with Crippen molar-refractivity contribution in [3.63, 3.8) is 0 Å². The zero-order chi connectivity index (χ0) is 16.2. The van der Waals surface area contributed by atoms with E-state index in [1.807, 2.05) is 6.07 Å². The minimum Gasteiger partial charge on any atom is -0.349 e. The largest absolute Gasteiger partial charge is 0.349 e. The molecule has 0 radical (unpaired) electrons. The van der Waals surface area contributed by atoms with Crippen LogP contribution in [0.4, 0.5) is 4.39 Å². The second-order valence-corrected chi connectivity index (χ2v) is 7.12. The van der Waals surface area contributed by atoms with E-state index >= 15 is 0 Å². The second kappa shape index (κ2) is 7.43. The molecule has 2 aliphatic carbocycles. The number of nitrogens with one attached hydrogen (secondary N) is 1. The predicted octanol–water partition coefficient (Wildman–Crippen LogP) is 3.55. The molecule has 1 amide bonds. The maximum Gasteiger partial charge on any atom is 0.223 e. The van der Waals surface area contributed by atoms with E-state index < -0.39 is 0 Å². The normalized spacial score (nSPS) is 26.3. The van der Waals surface area contributed by atoms with Gasteiger partial charge in [0.05, 0.1) is 6.04 Å². The lowest BCUT2D eigenvalue weighted by atomic mass is 9.89. The Bertz CT molecular complexity index is 542. The van der Waals surface area contributed by atoms with Gasteiger partial charge in [0, 0.05) is 5.92 Å². The molecule has 23 heavy (non-hydrogen) atoms. The molecule has 126 valence electrons. The number of carbonyl (C=O) groups is 1. The van der Waals surface area contributed by atoms with Crippen LogP contribution in [0, 0.1) is 23.6 Å². The number of halogens is 1. The maximum absolute atomic E-state index is 13.6. The van der Waals surface area contributed by atoms with Gasteiger partial charge in [0.15, 0.2) is 0 Å². The SMILES string of the molecule is NC[C@H]1CCC[C@H]1C(=O)NC(c1cccc(F)c1)C1CCCC1. The van der Waals surface area contributed by atoms with Crippen molar-refractivity contribution in [1.82, 2.24) is 5.32 Å². The van der Waals surface area contributed by atoms with E-state index in [0.717, 1.165) is 37.7 Å². The number of benzene rings is 1. The second-order valence-electron chi connectivity index (χ2n) is 7.12. The van der Waals surface area contributed by atoms with Gasteiger partial charge in [-0.25, -0.2) is 4.39 Å². The summed E-state index contributed by atoms with van der Waals surface area (Å²) in [6.07, 6.45) is 7.65. The van der Waals surface area contributed by atoms with Crippen LogP contribution in [0.2, 0.25) is 0 Å². The fraction of sp³-hybridized carbons (Fsp3) is 0.632. The summed E-state index contributed by atoms with van der Waals surface area (Å²) in [5.74, 6) is 0.613. The lowest BCUT2D eigenvalue weighted by molar-refractivity contribution is -0.127. The average molecular weight is 318 g/mol. The highest BCUT2D eigenvalue weighted by Crippen LogP contribution is 2.37. The van der Waals surface area contributed by atoms with Crippen molar-refractivity contribution >= 4 is 5.91 Å². The number of amides is 1. The third kappa shape index (κ3) is 3.74. The monoisotopic (exact) mass is 318 g/mol. The Morgan fingerprint density at radius 1 is 1.22 bits per heavy atom. The Kier molecular flexibility index (Phi) is 5.31. The fourth-order valence-electron chi connectivity index (χ4n) is 4.39. The van der Waals surface area contributed by atoms with Crippen LogP contribution in [-0.4, -0.2) is 12.5 Å². The van der Waals surface area contributed by atoms with E-state index in [9.17, 15) is 9.18 Å². The van der Waals surface area contributed by atoms with E-state index in [0.29, 0.717) is 18.4 Å². The van der Waals surface area contributed by atoms with E-state index in [1.165, 1.54) is 18.9 Å². The maximum atomic E-state index is 13.6. The highest BCUT2D eigenvalue weighted by Gasteiger charge is 2.35. The third-order valence-electron chi connectivity index (χ3n) is 5.68. The van der Waals surface area contributed by atoms with Gasteiger partial charge in [-0.15, -0.1) is 0 Å². The standard InChI is InChI=1S/C19H27FN2O/c20-16-9-3-7-14(11-16)18(13-5-1-2-6-13)22-19(23)17-10-4-8-15(17)12-21/h3,7,9,11,13,15,17-18H,1-2,4-6,8,10,12,21H2,(H,22,23)/t15-,17-,18?/m1/s1. The molecule has 3 rings (SSSR count). The van der Waals surface area contributed by atoms with Crippen LogP contribution in [0.1, 0.15) is 56.6 Å². The number of carbonyl (C=O) groups excluding carboxylic acids is 1. The summed E-state index contributed by atoms with van der Waals surface area (Å²) >= 11 is 0. The van der Waals surface area contributed by atoms with Gasteiger partial charge in [0.1, 0.15) is 5.82 Å². The molecule has 3 nitrogen and oxygen atoms in total. The summed E-state index contributed by atoms with van der Waals surface area (Å²) in [5, 5.41) is 3.25. The molecule has 3 atom stereocenters. The fourth-order valence-corrected chi connectivity index (χ4v) is 4.39. The van der Waals surface area contributed by atoms with Crippen LogP contribution in [0.25, 0.3) is 0 Å². The molecular weight excluding hydrogens is 291 g/mol. The van der Waals surface area contributed by atoms with Crippen molar-refractivity contribution in [2.45, 2.75) is 51.0 Å². The van der Waals surface area contributed by atoms with Crippen LogP contribution < -0.4 is 11.1 Å². The molecule has 0 bridgehead atoms. The van der Waals surface area contributed by atoms with E-state index in [4.69, 9.17) is 5.73 Å². The van der Waals surface area contributed by atoms with Crippen LogP contribution in [0.3, 0.4) is 0 Å². The molecule has 1 unspecified atom stereocenters. The average Bonchev–Trinajstić information content (AvgIpc) is 3.23. The molecule has 3 N–H and O–H groups in total. The molecule has 0 saturated heterocycles. The predicted molar refractivity (Wildman–Crippen MR) is 89.1 cm³/mol. The summed E-state index contributed by atoms with van der Waals surface area (Å²) in [7, 11) is 0. The van der Waals surface area contributed by atoms with Crippen molar-refractivity contribution in [2.75, 3.05) is 6.54 Å². The van der Waals surface area contributed by atoms with Crippen LogP contribution >= 0.6 is 0 Å². The Hall–Kier alpha value is -1.42. The van der Waals surface area contributed by atoms with Gasteiger partial charge < -0.3 is 11.1 Å². The molecule has 1 aromatic carbocycles. The molecule has 0 aromatic heterocycles. The summed E-state index contributed by atoms with van der Waals surface area (Å²) < 4.78 is 13.6. The Labute approximate surface area is 137 Å². The molecular formula is C19H27FN2O. The highest BCUT2D eigenvalue weighted by atomic mass is 19.1. The van der Waals surface area contributed by atoms with E-state index in [-0.39, 0.29) is 23.7 Å². The van der Waals surface area contributed by atoms with Gasteiger partial charge in [0.25, 0.3) is 0 Å². The van der Waals surface area contributed by atoms with Gasteiger partial charge >= 0.3 is 0 Å². The Morgan fingerprint density at radius 3 is 2.70 bits per heavy atom. The molecule has 0 heterocycles. The van der Waals surface area contributed by atoms with Crippen LogP contribution in [-0.2, 0) is 4.79 Å². The van der Waals surface area contributed by atoms with Gasteiger partial charge in [-0.2, -0.15) is 0 Å². The summed E-state index contributed by atoms with van der Waals surface area (Å²) in [6.45, 7) is 0.576. The first kappa shape index (κ1) is 16.4. The Morgan fingerprint density at radius 2 is 2.00 bits per heavy atom. The molecule has 0 aliphatic heterocycles. The third-order valence-corrected chi connectivity index (χ3v) is 5.68. The van der Waals surface area contributed by atoms with Gasteiger partial charge in [-0.3, -0.25) is 4.79 Å². The van der Waals surface area contributed by atoms with Gasteiger partial charge in [-0.05, 0) is 61.8 Å². The minimum atomic E-state index is -0.236. The summed E-state index contributed by atoms with van der Waals surface area (Å²) in [5.41, 5.74) is 6.71. The molecule has 2 aliphatic rings. The summed E-state index contributed by atoms with van der Waals surface area (Å²) in [6, 6.07) is 6.62. The first-order valence-electron chi connectivity index (χ1n) is 8.95. The highest BCUT2D eigenvalue weighted by molar-refractivity contribution is 5.79. The van der Waals surface area contributed by atoms with Crippen molar-refractivity contribution in [2.24, 2.45) is 23.5 Å². The quantitative estimate of drug-likeness (QED) is 0.872. The first-order valence-corrected chi connectivity index (χ1v) is 8.95. The number of hydrogen-bond acceptors (Lipinski definition) is 2. The molecule has 0 spiro atoms. The van der Waals surface area contributed by atoms with E-state index in [2.05, 4.69) is 5.32 Å². The minimum absolute atomic E-state index is 0.0254. The van der Waals surface area contributed by atoms with E-state index in [1.54, 1.807) is 12.1 Å². The van der Waals surface area contributed by atoms with Crippen LogP contribution in [0.5, 0.6) is 0 Å². The van der Waals surface area contributed by atoms with Crippen molar-refractivity contribution in [1.29, 1.82) is 0 Å². The lowest BCUT2D eigenvalue weighted by Crippen LogP contribution is -2.39. The zero-order valence-electron chi connectivity index (χ0n) is 13.6. The van der Waals surface area contributed by atoms with Crippen molar-refractivity contribution in [3.05, 3.63) is 35.6 Å². The lowest BCUT2D eigenvalue weighted by Gasteiger charge is -2.28. The van der Waals surface area contributed by atoms with Crippen LogP contribution in [0.15, 0.2) is 24.3 Å². The molecule has 2 fully saturated rings. The number of nitrogens with two attached hydrogens (primary N) is 1. The van der Waals surface area contributed by atoms with Gasteiger partial charge in [-0.1, -0.05) is 31.4 Å². The molecule has 1 aromatic rings. The van der Waals surface area contributed by atoms with Crippen molar-refractivity contribution < 1.29 is 9.18 Å². The zero-order valence-corrected chi connectivity index (χ0v) is 13.6. The van der Waals surface area contributed by atoms with Crippen molar-refractivity contribution in [3.8, 4) is 0 Å². The first-order chi connectivity index (χ1) is 11.2. The Balaban J connectivity index is 1.77. The smallest absolute Gasteiger partial charge is 0.223 e. The topological polar surface area (TPSA) is 55.1 Å². The van der Waals surface area contributed by atoms with Gasteiger partial charge in [0.2, 0.25) is 5.91 Å². The molecule has 2 saturated carbocycles.